The average molecular weight is 292 g/mol. The summed E-state index contributed by atoms with van der Waals surface area (Å²) < 4.78 is 1.78. The zero-order valence-corrected chi connectivity index (χ0v) is 13.2. The number of nitrogens with zero attached hydrogens (tertiary/aromatic N) is 3. The molecule has 20 heavy (non-hydrogen) atoms. The topological polar surface area (TPSA) is 42.7 Å². The van der Waals surface area contributed by atoms with Gasteiger partial charge in [0.2, 0.25) is 0 Å². The van der Waals surface area contributed by atoms with Gasteiger partial charge in [-0.2, -0.15) is 0 Å². The summed E-state index contributed by atoms with van der Waals surface area (Å²) >= 11 is 1.85. The molecular weight excluding hydrogens is 268 g/mol. The van der Waals surface area contributed by atoms with Crippen molar-refractivity contribution < 1.29 is 0 Å². The Morgan fingerprint density at radius 2 is 2.35 bits per heavy atom. The summed E-state index contributed by atoms with van der Waals surface area (Å²) in [6.07, 6.45) is 7.75. The monoisotopic (exact) mass is 292 g/mol. The maximum atomic E-state index is 4.20. The molecule has 5 heteroatoms. The summed E-state index contributed by atoms with van der Waals surface area (Å²) in [4.78, 5) is 1.48. The molecule has 0 fully saturated rings. The molecule has 0 saturated carbocycles. The number of rotatable bonds is 9. The molecule has 2 aromatic heterocycles. The number of thiophene rings is 1. The van der Waals surface area contributed by atoms with E-state index in [0.717, 1.165) is 18.7 Å². The van der Waals surface area contributed by atoms with Crippen molar-refractivity contribution >= 4 is 11.3 Å². The fourth-order valence-electron chi connectivity index (χ4n) is 2.34. The quantitative estimate of drug-likeness (QED) is 0.773. The van der Waals surface area contributed by atoms with Gasteiger partial charge in [0.1, 0.15) is 0 Å². The lowest BCUT2D eigenvalue weighted by Crippen LogP contribution is -2.32. The highest BCUT2D eigenvalue weighted by molar-refractivity contribution is 7.09. The minimum atomic E-state index is 0.506. The highest BCUT2D eigenvalue weighted by atomic mass is 32.1. The highest BCUT2D eigenvalue weighted by Crippen LogP contribution is 2.14. The lowest BCUT2D eigenvalue weighted by molar-refractivity contribution is 0.461. The molecule has 1 unspecified atom stereocenters. The number of aromatic nitrogens is 3. The Balaban J connectivity index is 1.79. The predicted octanol–water partition coefficient (Wildman–Crippen LogP) is 2.81. The lowest BCUT2D eigenvalue weighted by atomic mass is 10.0. The van der Waals surface area contributed by atoms with Gasteiger partial charge in [-0.15, -0.1) is 16.4 Å². The van der Waals surface area contributed by atoms with Crippen molar-refractivity contribution in [1.29, 1.82) is 0 Å². The number of hydrogen-bond donors (Lipinski definition) is 1. The Morgan fingerprint density at radius 1 is 1.45 bits per heavy atom. The van der Waals surface area contributed by atoms with Gasteiger partial charge in [-0.3, -0.25) is 4.68 Å². The minimum absolute atomic E-state index is 0.506. The zero-order valence-electron chi connectivity index (χ0n) is 12.4. The molecule has 0 bridgehead atoms. The van der Waals surface area contributed by atoms with Crippen molar-refractivity contribution in [3.63, 3.8) is 0 Å². The summed E-state index contributed by atoms with van der Waals surface area (Å²) in [5.74, 6) is 0. The van der Waals surface area contributed by atoms with Crippen molar-refractivity contribution in [1.82, 2.24) is 20.3 Å². The first-order chi connectivity index (χ1) is 9.78. The molecule has 2 aromatic rings. The Labute approximate surface area is 125 Å². The molecule has 110 valence electrons. The molecule has 0 spiro atoms. The SMILES string of the molecule is CCCNC(CCCc1cccs1)Cc1cn(C)nn1. The maximum Gasteiger partial charge on any atom is 0.0842 e. The molecule has 0 aliphatic carbocycles. The first-order valence-electron chi connectivity index (χ1n) is 7.39. The molecular formula is C15H24N4S. The smallest absolute Gasteiger partial charge is 0.0842 e. The van der Waals surface area contributed by atoms with Crippen LogP contribution < -0.4 is 5.32 Å². The van der Waals surface area contributed by atoms with Crippen molar-refractivity contribution in [3.05, 3.63) is 34.3 Å². The first-order valence-corrected chi connectivity index (χ1v) is 8.27. The summed E-state index contributed by atoms with van der Waals surface area (Å²) in [6, 6.07) is 4.86. The standard InChI is InChI=1S/C15H24N4S/c1-3-9-16-13(11-14-12-19(2)18-17-14)6-4-7-15-8-5-10-20-15/h5,8,10,12-13,16H,3-4,6-7,9,11H2,1-2H3. The Morgan fingerprint density at radius 3 is 3.00 bits per heavy atom. The van der Waals surface area contributed by atoms with E-state index < -0.39 is 0 Å². The van der Waals surface area contributed by atoms with Crippen LogP contribution in [0.3, 0.4) is 0 Å². The van der Waals surface area contributed by atoms with Crippen LogP contribution in [0.1, 0.15) is 36.8 Å². The van der Waals surface area contributed by atoms with E-state index in [2.05, 4.69) is 40.1 Å². The second-order valence-electron chi connectivity index (χ2n) is 5.21. The van der Waals surface area contributed by atoms with Gasteiger partial charge in [-0.25, -0.2) is 0 Å². The summed E-state index contributed by atoms with van der Waals surface area (Å²) in [5.41, 5.74) is 1.08. The molecule has 1 N–H and O–H groups in total. The third-order valence-corrected chi connectivity index (χ3v) is 4.28. The van der Waals surface area contributed by atoms with Crippen molar-refractivity contribution in [2.75, 3.05) is 6.54 Å². The van der Waals surface area contributed by atoms with E-state index in [1.807, 2.05) is 24.6 Å². The van der Waals surface area contributed by atoms with E-state index in [4.69, 9.17) is 0 Å². The van der Waals surface area contributed by atoms with E-state index >= 15 is 0 Å². The molecule has 0 amide bonds. The molecule has 2 rings (SSSR count). The van der Waals surface area contributed by atoms with Crippen LogP contribution in [-0.4, -0.2) is 27.6 Å². The third kappa shape index (κ3) is 5.06. The van der Waals surface area contributed by atoms with Gasteiger partial charge in [-0.05, 0) is 43.7 Å². The van der Waals surface area contributed by atoms with E-state index in [0.29, 0.717) is 6.04 Å². The molecule has 0 aliphatic heterocycles. The Bertz CT molecular complexity index is 478. The summed E-state index contributed by atoms with van der Waals surface area (Å²) in [6.45, 7) is 3.28. The molecule has 0 aromatic carbocycles. The number of nitrogens with one attached hydrogen (secondary N) is 1. The van der Waals surface area contributed by atoms with Crippen molar-refractivity contribution in [2.45, 2.75) is 45.1 Å². The van der Waals surface area contributed by atoms with E-state index in [9.17, 15) is 0 Å². The summed E-state index contributed by atoms with van der Waals surface area (Å²) in [5, 5.41) is 14.0. The number of hydrogen-bond acceptors (Lipinski definition) is 4. The zero-order chi connectivity index (χ0) is 14.2. The maximum absolute atomic E-state index is 4.20. The first kappa shape index (κ1) is 15.2. The summed E-state index contributed by atoms with van der Waals surface area (Å²) in [7, 11) is 1.92. The van der Waals surface area contributed by atoms with Gasteiger partial charge in [0, 0.05) is 30.6 Å². The highest BCUT2D eigenvalue weighted by Gasteiger charge is 2.11. The van der Waals surface area contributed by atoms with Crippen LogP contribution in [0.4, 0.5) is 0 Å². The van der Waals surface area contributed by atoms with Gasteiger partial charge >= 0.3 is 0 Å². The Hall–Kier alpha value is -1.20. The lowest BCUT2D eigenvalue weighted by Gasteiger charge is -2.17. The van der Waals surface area contributed by atoms with E-state index in [-0.39, 0.29) is 0 Å². The van der Waals surface area contributed by atoms with Gasteiger partial charge in [-0.1, -0.05) is 18.2 Å². The van der Waals surface area contributed by atoms with Crippen LogP contribution >= 0.6 is 11.3 Å². The molecule has 0 radical (unpaired) electrons. The molecule has 2 heterocycles. The van der Waals surface area contributed by atoms with Crippen molar-refractivity contribution in [3.8, 4) is 0 Å². The van der Waals surface area contributed by atoms with Crippen LogP contribution in [0.5, 0.6) is 0 Å². The largest absolute Gasteiger partial charge is 0.314 e. The van der Waals surface area contributed by atoms with Gasteiger partial charge < -0.3 is 5.32 Å². The van der Waals surface area contributed by atoms with Crippen LogP contribution in [0.2, 0.25) is 0 Å². The van der Waals surface area contributed by atoms with Crippen LogP contribution in [-0.2, 0) is 19.9 Å². The van der Waals surface area contributed by atoms with Crippen LogP contribution in [0, 0.1) is 0 Å². The normalized spacial score (nSPS) is 12.7. The number of aryl methyl sites for hydroxylation is 2. The van der Waals surface area contributed by atoms with Crippen LogP contribution in [0.25, 0.3) is 0 Å². The van der Waals surface area contributed by atoms with Crippen LogP contribution in [0.15, 0.2) is 23.7 Å². The Kier molecular flexibility index (Phi) is 6.21. The second-order valence-corrected chi connectivity index (χ2v) is 6.24. The fraction of sp³-hybridized carbons (Fsp3) is 0.600. The molecule has 0 aliphatic rings. The third-order valence-electron chi connectivity index (χ3n) is 3.34. The molecule has 1 atom stereocenters. The second kappa shape index (κ2) is 8.17. The molecule has 0 saturated heterocycles. The fourth-order valence-corrected chi connectivity index (χ4v) is 3.09. The minimum Gasteiger partial charge on any atom is -0.314 e. The predicted molar refractivity (Wildman–Crippen MR) is 84.0 cm³/mol. The van der Waals surface area contributed by atoms with Crippen molar-refractivity contribution in [2.24, 2.45) is 7.05 Å². The van der Waals surface area contributed by atoms with Gasteiger partial charge in [0.15, 0.2) is 0 Å². The van der Waals surface area contributed by atoms with Gasteiger partial charge in [0.05, 0.1) is 5.69 Å². The van der Waals surface area contributed by atoms with E-state index in [1.165, 1.54) is 30.6 Å². The average Bonchev–Trinajstić information content (AvgIpc) is 3.08. The molecule has 4 nitrogen and oxygen atoms in total. The van der Waals surface area contributed by atoms with E-state index in [1.54, 1.807) is 4.68 Å². The van der Waals surface area contributed by atoms with Gasteiger partial charge in [0.25, 0.3) is 0 Å².